The molecule has 0 bridgehead atoms. The molecule has 8 heteroatoms. The molecule has 0 amide bonds. The van der Waals surface area contributed by atoms with Crippen LogP contribution in [-0.2, 0) is 36.7 Å². The molecule has 0 saturated heterocycles. The van der Waals surface area contributed by atoms with Gasteiger partial charge in [-0.05, 0) is 131 Å². The number of hydrogen-bond acceptors (Lipinski definition) is 2. The van der Waals surface area contributed by atoms with Crippen LogP contribution in [0.3, 0.4) is 0 Å². The number of para-hydroxylation sites is 4. The number of aromatic nitrogens is 2. The summed E-state index contributed by atoms with van der Waals surface area (Å²) < 4.78 is 15.8. The van der Waals surface area contributed by atoms with Crippen LogP contribution >= 0.6 is 0 Å². The van der Waals surface area contributed by atoms with E-state index in [1.807, 2.05) is 0 Å². The minimum Gasteiger partial charge on any atom is -0.585 e. The molecule has 0 saturated carbocycles. The summed E-state index contributed by atoms with van der Waals surface area (Å²) in [6.07, 6.45) is 1.31. The third-order valence-electron chi connectivity index (χ3n) is 15.8. The molecule has 6 nitrogen and oxygen atoms in total. The molecule has 10 rings (SSSR count). The maximum absolute atomic E-state index is 12.7. The average molecular weight is 1190 g/mol. The molecular formula is C68H78HfN2O4Si. The van der Waals surface area contributed by atoms with Gasteiger partial charge in [0.05, 0.1) is 44.6 Å². The van der Waals surface area contributed by atoms with E-state index in [9.17, 15) is 10.2 Å². The molecular weight excluding hydrogens is 1120 g/mol. The molecule has 0 aliphatic heterocycles. The van der Waals surface area contributed by atoms with E-state index in [4.69, 9.17) is 9.47 Å². The number of benzene rings is 8. The zero-order valence-corrected chi connectivity index (χ0v) is 51.9. The Balaban J connectivity index is 0.00000280. The number of ether oxygens (including phenoxy) is 2. The zero-order chi connectivity index (χ0) is 51.7. The van der Waals surface area contributed by atoms with Gasteiger partial charge in [-0.1, -0.05) is 142 Å². The summed E-state index contributed by atoms with van der Waals surface area (Å²) in [6, 6.07) is 55.5. The number of rotatable bonds is 12. The van der Waals surface area contributed by atoms with Gasteiger partial charge in [-0.15, -0.1) is 0 Å². The third kappa shape index (κ3) is 10.2. The molecule has 2 heterocycles. The van der Waals surface area contributed by atoms with Crippen molar-refractivity contribution in [2.24, 2.45) is 0 Å². The van der Waals surface area contributed by atoms with Crippen molar-refractivity contribution < 1.29 is 45.5 Å². The van der Waals surface area contributed by atoms with Crippen LogP contribution in [0.4, 0.5) is 0 Å². The molecule has 0 spiro atoms. The van der Waals surface area contributed by atoms with Gasteiger partial charge in [-0.2, -0.15) is 0 Å². The van der Waals surface area contributed by atoms with Crippen molar-refractivity contribution in [3.63, 3.8) is 0 Å². The van der Waals surface area contributed by atoms with Crippen LogP contribution in [0.25, 0.3) is 77.2 Å². The number of hydrogen-bond donors (Lipinski definition) is 2. The summed E-state index contributed by atoms with van der Waals surface area (Å²) in [5.41, 5.74) is 14.0. The van der Waals surface area contributed by atoms with Gasteiger partial charge < -0.3 is 43.7 Å². The Hall–Kier alpha value is -6.35. The molecule has 10 aromatic rings. The van der Waals surface area contributed by atoms with Gasteiger partial charge in [0.15, 0.2) is 12.5 Å². The summed E-state index contributed by atoms with van der Waals surface area (Å²) in [6.45, 7) is 27.1. The van der Waals surface area contributed by atoms with E-state index in [0.717, 1.165) is 99.9 Å². The second-order valence-corrected chi connectivity index (χ2v) is 28.6. The summed E-state index contributed by atoms with van der Waals surface area (Å²) in [5.74, 6) is 2.21. The number of fused-ring (bicyclic) bond motifs is 6. The van der Waals surface area contributed by atoms with Crippen molar-refractivity contribution in [3.8, 4) is 56.6 Å². The first-order valence-electron chi connectivity index (χ1n) is 26.1. The summed E-state index contributed by atoms with van der Waals surface area (Å²) >= 11 is 0. The van der Waals surface area contributed by atoms with Gasteiger partial charge in [0.1, 0.15) is 11.5 Å². The Kier molecular flexibility index (Phi) is 16.6. The molecule has 0 aliphatic carbocycles. The van der Waals surface area contributed by atoms with Crippen molar-refractivity contribution >= 4 is 51.7 Å². The Bertz CT molecular complexity index is 3390. The molecule has 8 aromatic carbocycles. The fourth-order valence-corrected chi connectivity index (χ4v) is 15.1. The summed E-state index contributed by atoms with van der Waals surface area (Å²) in [5, 5.41) is 30.0. The van der Waals surface area contributed by atoms with Crippen molar-refractivity contribution in [3.05, 3.63) is 195 Å². The fourth-order valence-electron chi connectivity index (χ4n) is 11.3. The minimum absolute atomic E-state index is 0. The maximum atomic E-state index is 12.7. The van der Waals surface area contributed by atoms with Crippen molar-refractivity contribution in [1.29, 1.82) is 0 Å². The van der Waals surface area contributed by atoms with E-state index in [0.29, 0.717) is 23.5 Å². The molecule has 76 heavy (non-hydrogen) atoms. The normalized spacial score (nSPS) is 12.1. The van der Waals surface area contributed by atoms with E-state index in [2.05, 4.69) is 250 Å². The molecule has 0 aliphatic rings. The van der Waals surface area contributed by atoms with Crippen LogP contribution < -0.4 is 0 Å². The summed E-state index contributed by atoms with van der Waals surface area (Å²) in [7, 11) is -2.41. The van der Waals surface area contributed by atoms with E-state index >= 15 is 0 Å². The minimum atomic E-state index is -2.41. The number of aryl methyl sites for hydroxylation is 2. The molecule has 392 valence electrons. The number of phenolic OH excluding ortho intramolecular Hbond substituents is 2. The van der Waals surface area contributed by atoms with Gasteiger partial charge >= 0.3 is 0 Å². The van der Waals surface area contributed by atoms with E-state index in [1.54, 1.807) is 0 Å². The van der Waals surface area contributed by atoms with Crippen LogP contribution in [-0.4, -0.2) is 49.4 Å². The predicted molar refractivity (Wildman–Crippen MR) is 324 cm³/mol. The van der Waals surface area contributed by atoms with Gasteiger partial charge in [-0.3, -0.25) is 0 Å². The van der Waals surface area contributed by atoms with Gasteiger partial charge in [0.25, 0.3) is 19.6 Å². The monoisotopic (exact) mass is 1190 g/mol. The maximum Gasteiger partial charge on any atom is 0.267 e. The molecule has 4 N–H and O–H groups in total. The van der Waals surface area contributed by atoms with E-state index < -0.39 is 8.07 Å². The van der Waals surface area contributed by atoms with Crippen LogP contribution in [0, 0.1) is 28.7 Å². The Morgan fingerprint density at radius 1 is 0.434 bits per heavy atom. The Morgan fingerprint density at radius 3 is 1.03 bits per heavy atom. The zero-order valence-electron chi connectivity index (χ0n) is 47.3. The number of aromatic hydroxyl groups is 4. The molecule has 2 aromatic heterocycles. The van der Waals surface area contributed by atoms with Crippen molar-refractivity contribution in [2.75, 3.05) is 12.5 Å². The molecule has 0 unspecified atom stereocenters. The fraction of sp³-hybridized carbons (Fsp3) is 0.265. The van der Waals surface area contributed by atoms with E-state index in [1.165, 1.54) is 11.1 Å². The second-order valence-electron chi connectivity index (χ2n) is 23.2. The topological polar surface area (TPSA) is 75.9 Å². The van der Waals surface area contributed by atoms with Crippen LogP contribution in [0.2, 0.25) is 11.1 Å². The van der Waals surface area contributed by atoms with Gasteiger partial charge in [0, 0.05) is 70.6 Å². The van der Waals surface area contributed by atoms with Gasteiger partial charge in [-0.25, -0.2) is 0 Å². The largest absolute Gasteiger partial charge is 0.585 e. The molecule has 0 atom stereocenters. The SMILES string of the molecule is Cc1cc(-c2cc(C(C)(C)C)ccc2[OH+]C[Si](C[OH+]c2ccc(C(C)(C)C)cc2-c2cc(C)cc(-n3c4ccccc4c4ccccc43)c2O)(C(C)C)C(C)C)c(O)c(-n2c3ccccc3c3ccccc32)c1.[CH3-].[CH3-].[Hf]. The Labute approximate surface area is 472 Å². The predicted octanol–water partition coefficient (Wildman–Crippen LogP) is 18.3. The van der Waals surface area contributed by atoms with Crippen molar-refractivity contribution in [2.45, 2.75) is 105 Å². The van der Waals surface area contributed by atoms with Crippen LogP contribution in [0.15, 0.2) is 158 Å². The van der Waals surface area contributed by atoms with Crippen molar-refractivity contribution in [1.82, 2.24) is 9.13 Å². The molecule has 0 fully saturated rings. The average Bonchev–Trinajstić information content (AvgIpc) is 3.87. The first-order valence-corrected chi connectivity index (χ1v) is 28.6. The number of nitrogens with zero attached hydrogens (tertiary/aromatic N) is 2. The second kappa shape index (κ2) is 21.9. The third-order valence-corrected chi connectivity index (χ3v) is 21.9. The standard InChI is InChI=1S/C66H70N2O4Si.2CH3.Hf/c1-41(2)73(42(3)4,39-71-61-31-29-45(65(7,8)9)37-51(61)53-33-43(5)35-59(63(53)69)67-55-25-17-13-21-47(55)48-22-14-18-26-56(48)67)40-72-62-32-30-46(66(10,11)12)38-52(62)54-34-44(6)36-60(64(54)70)68-57-27-19-15-23-49(57)50-24-16-20-28-58(50)68;;;/h13-38,41-42,69-70H,39-40H2,1-12H3;2*1H3;/q;2*-1;/p+2. The summed E-state index contributed by atoms with van der Waals surface area (Å²) in [4.78, 5) is 0. The Morgan fingerprint density at radius 2 is 0.737 bits per heavy atom. The van der Waals surface area contributed by atoms with Gasteiger partial charge in [0.2, 0.25) is 0 Å². The quantitative estimate of drug-likeness (QED) is 0.0726. The first kappa shape index (κ1) is 57.4. The van der Waals surface area contributed by atoms with Crippen LogP contribution in [0.1, 0.15) is 91.5 Å². The van der Waals surface area contributed by atoms with Crippen LogP contribution in [0.5, 0.6) is 23.0 Å². The smallest absolute Gasteiger partial charge is 0.267 e. The number of aliphatic hydroxyl groups is 2. The molecule has 0 radical (unpaired) electrons. The number of phenols is 2. The van der Waals surface area contributed by atoms with E-state index in [-0.39, 0.29) is 63.0 Å². The first-order chi connectivity index (χ1) is 34.8.